The number of nitrogens with one attached hydrogen (secondary N) is 1. The van der Waals surface area contributed by atoms with Gasteiger partial charge < -0.3 is 19.7 Å². The molecular weight excluding hydrogens is 328 g/mol. The Kier molecular flexibility index (Phi) is 5.93. The number of benzene rings is 2. The lowest BCUT2D eigenvalue weighted by molar-refractivity contribution is 0.208. The van der Waals surface area contributed by atoms with Crippen LogP contribution in [0.15, 0.2) is 42.5 Å². The van der Waals surface area contributed by atoms with E-state index in [4.69, 9.17) is 21.1 Å². The summed E-state index contributed by atoms with van der Waals surface area (Å²) < 4.78 is 10.5. The Morgan fingerprint density at radius 1 is 1.12 bits per heavy atom. The lowest BCUT2D eigenvalue weighted by Gasteiger charge is -2.26. The van der Waals surface area contributed by atoms with Gasteiger partial charge in [-0.15, -0.1) is 0 Å². The molecule has 2 rings (SSSR count). The van der Waals surface area contributed by atoms with Gasteiger partial charge in [-0.25, -0.2) is 4.79 Å². The van der Waals surface area contributed by atoms with Crippen LogP contribution in [0.25, 0.3) is 0 Å². The molecule has 0 aliphatic carbocycles. The Balaban J connectivity index is 2.12. The standard InChI is InChI=1S/C18H21ClN2O3/c1-12(13-5-7-14(19)8-6-13)21(2)18(22)20-16-10-9-15(23-3)11-17(16)24-4/h5-12H,1-4H3,(H,20,22). The summed E-state index contributed by atoms with van der Waals surface area (Å²) in [4.78, 5) is 14.1. The summed E-state index contributed by atoms with van der Waals surface area (Å²) >= 11 is 5.91. The normalized spacial score (nSPS) is 11.5. The number of nitrogens with zero attached hydrogens (tertiary/aromatic N) is 1. The number of ether oxygens (including phenoxy) is 2. The number of urea groups is 1. The zero-order valence-electron chi connectivity index (χ0n) is 14.2. The van der Waals surface area contributed by atoms with Gasteiger partial charge in [0.05, 0.1) is 25.9 Å². The van der Waals surface area contributed by atoms with Crippen molar-refractivity contribution in [2.45, 2.75) is 13.0 Å². The number of carbonyl (C=O) groups is 1. The Morgan fingerprint density at radius 2 is 1.79 bits per heavy atom. The van der Waals surface area contributed by atoms with Crippen LogP contribution in [0.2, 0.25) is 5.02 Å². The quantitative estimate of drug-likeness (QED) is 0.860. The molecule has 6 heteroatoms. The largest absolute Gasteiger partial charge is 0.497 e. The maximum absolute atomic E-state index is 12.5. The number of anilines is 1. The van der Waals surface area contributed by atoms with Crippen molar-refractivity contribution in [3.8, 4) is 11.5 Å². The molecule has 0 aliphatic rings. The van der Waals surface area contributed by atoms with E-state index in [-0.39, 0.29) is 12.1 Å². The molecule has 2 amide bonds. The first-order valence-corrected chi connectivity index (χ1v) is 7.85. The molecule has 0 radical (unpaired) electrons. The van der Waals surface area contributed by atoms with Crippen LogP contribution in [-0.2, 0) is 0 Å². The Labute approximate surface area is 147 Å². The van der Waals surface area contributed by atoms with Gasteiger partial charge in [0.2, 0.25) is 0 Å². The van der Waals surface area contributed by atoms with Crippen molar-refractivity contribution in [1.29, 1.82) is 0 Å². The molecule has 0 saturated heterocycles. The third kappa shape index (κ3) is 4.11. The molecule has 0 saturated carbocycles. The van der Waals surface area contributed by atoms with E-state index in [0.717, 1.165) is 5.56 Å². The predicted octanol–water partition coefficient (Wildman–Crippen LogP) is 4.58. The maximum atomic E-state index is 12.5. The van der Waals surface area contributed by atoms with Crippen molar-refractivity contribution in [3.63, 3.8) is 0 Å². The fraction of sp³-hybridized carbons (Fsp3) is 0.278. The van der Waals surface area contributed by atoms with E-state index in [2.05, 4.69) is 5.32 Å². The number of amides is 2. The molecule has 2 aromatic carbocycles. The van der Waals surface area contributed by atoms with Gasteiger partial charge in [0, 0.05) is 18.1 Å². The van der Waals surface area contributed by atoms with Crippen LogP contribution in [-0.4, -0.2) is 32.2 Å². The second-order valence-corrected chi connectivity index (χ2v) is 5.77. The van der Waals surface area contributed by atoms with Crippen LogP contribution in [0.3, 0.4) is 0 Å². The number of rotatable bonds is 5. The Hall–Kier alpha value is -2.40. The number of halogens is 1. The van der Waals surface area contributed by atoms with Crippen LogP contribution in [0.4, 0.5) is 10.5 Å². The zero-order valence-corrected chi connectivity index (χ0v) is 14.9. The van der Waals surface area contributed by atoms with E-state index in [9.17, 15) is 4.79 Å². The fourth-order valence-corrected chi connectivity index (χ4v) is 2.37. The summed E-state index contributed by atoms with van der Waals surface area (Å²) in [6.45, 7) is 1.95. The maximum Gasteiger partial charge on any atom is 0.322 e. The van der Waals surface area contributed by atoms with Gasteiger partial charge in [-0.05, 0) is 36.8 Å². The van der Waals surface area contributed by atoms with E-state index in [1.54, 1.807) is 44.4 Å². The van der Waals surface area contributed by atoms with Crippen LogP contribution in [0.5, 0.6) is 11.5 Å². The third-order valence-corrected chi connectivity index (χ3v) is 4.16. The number of hydrogen-bond acceptors (Lipinski definition) is 3. The molecule has 1 unspecified atom stereocenters. The van der Waals surface area contributed by atoms with E-state index in [1.165, 1.54) is 0 Å². The lowest BCUT2D eigenvalue weighted by Crippen LogP contribution is -2.33. The van der Waals surface area contributed by atoms with Gasteiger partial charge >= 0.3 is 6.03 Å². The van der Waals surface area contributed by atoms with Gasteiger partial charge in [-0.3, -0.25) is 0 Å². The highest BCUT2D eigenvalue weighted by atomic mass is 35.5. The third-order valence-electron chi connectivity index (χ3n) is 3.90. The molecule has 1 atom stereocenters. The SMILES string of the molecule is COc1ccc(NC(=O)N(C)C(C)c2ccc(Cl)cc2)c(OC)c1. The molecule has 2 aromatic rings. The first kappa shape index (κ1) is 17.9. The molecule has 0 bridgehead atoms. The molecule has 1 N–H and O–H groups in total. The summed E-state index contributed by atoms with van der Waals surface area (Å²) in [7, 11) is 4.86. The van der Waals surface area contributed by atoms with Crippen LogP contribution in [0.1, 0.15) is 18.5 Å². The number of carbonyl (C=O) groups excluding carboxylic acids is 1. The van der Waals surface area contributed by atoms with Gasteiger partial charge in [0.1, 0.15) is 11.5 Å². The van der Waals surface area contributed by atoms with Crippen molar-refractivity contribution in [1.82, 2.24) is 4.90 Å². The second-order valence-electron chi connectivity index (χ2n) is 5.33. The molecule has 24 heavy (non-hydrogen) atoms. The van der Waals surface area contributed by atoms with Crippen LogP contribution < -0.4 is 14.8 Å². The molecular formula is C18H21ClN2O3. The van der Waals surface area contributed by atoms with Crippen molar-refractivity contribution >= 4 is 23.3 Å². The first-order valence-electron chi connectivity index (χ1n) is 7.47. The van der Waals surface area contributed by atoms with Crippen molar-refractivity contribution in [2.24, 2.45) is 0 Å². The summed E-state index contributed by atoms with van der Waals surface area (Å²) in [5, 5.41) is 3.52. The van der Waals surface area contributed by atoms with E-state index >= 15 is 0 Å². The summed E-state index contributed by atoms with van der Waals surface area (Å²) in [5.74, 6) is 1.20. The Bertz CT molecular complexity index is 704. The van der Waals surface area contributed by atoms with Crippen LogP contribution in [0, 0.1) is 0 Å². The minimum atomic E-state index is -0.235. The average Bonchev–Trinajstić information content (AvgIpc) is 2.61. The van der Waals surface area contributed by atoms with Crippen molar-refractivity contribution in [3.05, 3.63) is 53.1 Å². The lowest BCUT2D eigenvalue weighted by atomic mass is 10.1. The molecule has 0 spiro atoms. The predicted molar refractivity (Wildman–Crippen MR) is 96.2 cm³/mol. The van der Waals surface area contributed by atoms with E-state index in [0.29, 0.717) is 22.2 Å². The first-order chi connectivity index (χ1) is 11.5. The van der Waals surface area contributed by atoms with Gasteiger partial charge in [0.25, 0.3) is 0 Å². The summed E-state index contributed by atoms with van der Waals surface area (Å²) in [6, 6.07) is 12.3. The van der Waals surface area contributed by atoms with E-state index < -0.39 is 0 Å². The fourth-order valence-electron chi connectivity index (χ4n) is 2.25. The number of methoxy groups -OCH3 is 2. The highest BCUT2D eigenvalue weighted by Gasteiger charge is 2.19. The van der Waals surface area contributed by atoms with Gasteiger partial charge in [-0.2, -0.15) is 0 Å². The van der Waals surface area contributed by atoms with E-state index in [1.807, 2.05) is 31.2 Å². The van der Waals surface area contributed by atoms with Crippen molar-refractivity contribution < 1.29 is 14.3 Å². The summed E-state index contributed by atoms with van der Waals surface area (Å²) in [5.41, 5.74) is 1.58. The smallest absolute Gasteiger partial charge is 0.322 e. The highest BCUT2D eigenvalue weighted by molar-refractivity contribution is 6.30. The van der Waals surface area contributed by atoms with Crippen LogP contribution >= 0.6 is 11.6 Å². The molecule has 0 aromatic heterocycles. The summed E-state index contributed by atoms with van der Waals surface area (Å²) in [6.07, 6.45) is 0. The molecule has 128 valence electrons. The molecule has 0 aliphatic heterocycles. The average molecular weight is 349 g/mol. The highest BCUT2D eigenvalue weighted by Crippen LogP contribution is 2.30. The second kappa shape index (κ2) is 7.93. The van der Waals surface area contributed by atoms with Crippen molar-refractivity contribution in [2.75, 3.05) is 26.6 Å². The zero-order chi connectivity index (χ0) is 17.7. The minimum Gasteiger partial charge on any atom is -0.497 e. The molecule has 5 nitrogen and oxygen atoms in total. The number of hydrogen-bond donors (Lipinski definition) is 1. The molecule has 0 heterocycles. The topological polar surface area (TPSA) is 50.8 Å². The van der Waals surface area contributed by atoms with Gasteiger partial charge in [0.15, 0.2) is 0 Å². The minimum absolute atomic E-state index is 0.105. The molecule has 0 fully saturated rings. The van der Waals surface area contributed by atoms with Gasteiger partial charge in [-0.1, -0.05) is 23.7 Å². The Morgan fingerprint density at radius 3 is 2.38 bits per heavy atom. The monoisotopic (exact) mass is 348 g/mol.